The number of hydrazone groups is 1. The molecule has 0 atom stereocenters. The van der Waals surface area contributed by atoms with Gasteiger partial charge in [0, 0.05) is 5.56 Å². The first-order valence-electron chi connectivity index (χ1n) is 10.9. The molecule has 0 fully saturated rings. The number of nitrogens with zero attached hydrogens (tertiary/aromatic N) is 1. The number of nitrogens with one attached hydrogen (secondary N) is 1. The molecule has 0 aromatic heterocycles. The molecular weight excluding hydrogens is 424 g/mol. The molecule has 5 aromatic carbocycles. The number of benzene rings is 5. The Morgan fingerprint density at radius 2 is 1.15 bits per heavy atom. The maximum absolute atomic E-state index is 13.0. The van der Waals surface area contributed by atoms with Crippen LogP contribution in [-0.4, -0.2) is 18.4 Å². The van der Waals surface area contributed by atoms with Crippen molar-refractivity contribution in [2.24, 2.45) is 5.10 Å². The van der Waals surface area contributed by atoms with Crippen LogP contribution in [0.25, 0.3) is 21.5 Å². The first-order chi connectivity index (χ1) is 16.8. The van der Waals surface area contributed by atoms with Crippen molar-refractivity contribution in [2.75, 3.05) is 0 Å². The van der Waals surface area contributed by atoms with Crippen LogP contribution in [0, 0.1) is 0 Å². The van der Waals surface area contributed by atoms with Gasteiger partial charge >= 0.3 is 12.2 Å². The number of amides is 1. The molecule has 1 amide bonds. The van der Waals surface area contributed by atoms with E-state index in [-0.39, 0.29) is 0 Å². The molecule has 5 nitrogen and oxygen atoms in total. The first kappa shape index (κ1) is 21.2. The summed E-state index contributed by atoms with van der Waals surface area (Å²) in [6.07, 6.45) is 0.455. The van der Waals surface area contributed by atoms with Gasteiger partial charge in [-0.15, -0.1) is 0 Å². The zero-order valence-corrected chi connectivity index (χ0v) is 18.3. The molecular formula is C29H22N2O3. The molecule has 5 rings (SSSR count). The van der Waals surface area contributed by atoms with Crippen molar-refractivity contribution < 1.29 is 14.3 Å². The van der Waals surface area contributed by atoms with Crippen LogP contribution in [-0.2, 0) is 4.79 Å². The van der Waals surface area contributed by atoms with Gasteiger partial charge in [-0.25, -0.2) is 5.43 Å². The summed E-state index contributed by atoms with van der Waals surface area (Å²) in [5.41, 5.74) is 3.51. The van der Waals surface area contributed by atoms with Crippen molar-refractivity contribution in [1.29, 1.82) is 0 Å². The summed E-state index contributed by atoms with van der Waals surface area (Å²) in [4.78, 5) is 13.0. The number of hydrogen-bond donors (Lipinski definition) is 1. The highest BCUT2D eigenvalue weighted by Crippen LogP contribution is 2.27. The molecule has 0 aliphatic rings. The zero-order chi connectivity index (χ0) is 23.2. The molecule has 0 heterocycles. The van der Waals surface area contributed by atoms with Crippen LogP contribution in [0.5, 0.6) is 11.5 Å². The van der Waals surface area contributed by atoms with E-state index in [0.29, 0.717) is 11.5 Å². The van der Waals surface area contributed by atoms with Crippen molar-refractivity contribution in [1.82, 2.24) is 5.43 Å². The molecule has 0 unspecified atom stereocenters. The monoisotopic (exact) mass is 446 g/mol. The van der Waals surface area contributed by atoms with E-state index in [1.165, 1.54) is 0 Å². The van der Waals surface area contributed by atoms with E-state index in [9.17, 15) is 4.79 Å². The van der Waals surface area contributed by atoms with E-state index in [2.05, 4.69) is 28.7 Å². The fraction of sp³-hybridized carbons (Fsp3) is 0.0345. The van der Waals surface area contributed by atoms with E-state index in [0.717, 1.165) is 27.1 Å². The molecule has 5 heteroatoms. The quantitative estimate of drug-likeness (QED) is 0.146. The van der Waals surface area contributed by atoms with Gasteiger partial charge in [-0.1, -0.05) is 84.9 Å². The molecule has 0 aliphatic carbocycles. The van der Waals surface area contributed by atoms with Crippen molar-refractivity contribution in [3.8, 4) is 11.5 Å². The molecule has 0 aliphatic heterocycles. The number of hydrogen-bond acceptors (Lipinski definition) is 4. The highest BCUT2D eigenvalue weighted by Gasteiger charge is 2.22. The molecule has 0 saturated heterocycles. The SMILES string of the molecule is O=C(NN=Cc1c2ccccc2cc2ccccc12)C(Oc1ccccc1)Oc1ccccc1. The highest BCUT2D eigenvalue weighted by molar-refractivity contribution is 6.13. The lowest BCUT2D eigenvalue weighted by Crippen LogP contribution is -2.40. The Morgan fingerprint density at radius 1 is 0.676 bits per heavy atom. The van der Waals surface area contributed by atoms with E-state index < -0.39 is 12.2 Å². The van der Waals surface area contributed by atoms with Crippen LogP contribution >= 0.6 is 0 Å². The van der Waals surface area contributed by atoms with Gasteiger partial charge in [-0.3, -0.25) is 4.79 Å². The third kappa shape index (κ3) is 4.74. The fourth-order valence-electron chi connectivity index (χ4n) is 3.78. The topological polar surface area (TPSA) is 59.9 Å². The number of para-hydroxylation sites is 2. The number of ether oxygens (including phenoxy) is 2. The predicted molar refractivity (Wildman–Crippen MR) is 135 cm³/mol. The van der Waals surface area contributed by atoms with Crippen molar-refractivity contribution in [2.45, 2.75) is 6.29 Å². The number of rotatable bonds is 7. The molecule has 0 radical (unpaired) electrons. The lowest BCUT2D eigenvalue weighted by Gasteiger charge is -2.18. The second kappa shape index (κ2) is 9.88. The van der Waals surface area contributed by atoms with Crippen LogP contribution < -0.4 is 14.9 Å². The summed E-state index contributed by atoms with van der Waals surface area (Å²) in [5.74, 6) is 0.513. The van der Waals surface area contributed by atoms with E-state index in [1.807, 2.05) is 72.8 Å². The van der Waals surface area contributed by atoms with E-state index in [4.69, 9.17) is 9.47 Å². The molecule has 166 valence electrons. The molecule has 0 bridgehead atoms. The van der Waals surface area contributed by atoms with Crippen LogP contribution in [0.3, 0.4) is 0 Å². The Morgan fingerprint density at radius 3 is 1.68 bits per heavy atom. The minimum absolute atomic E-state index is 0.516. The average Bonchev–Trinajstić information content (AvgIpc) is 2.89. The van der Waals surface area contributed by atoms with Crippen molar-refractivity contribution in [3.05, 3.63) is 121 Å². The molecule has 1 N–H and O–H groups in total. The molecule has 34 heavy (non-hydrogen) atoms. The first-order valence-corrected chi connectivity index (χ1v) is 10.9. The van der Waals surface area contributed by atoms with Gasteiger partial charge < -0.3 is 9.47 Å². The number of fused-ring (bicyclic) bond motifs is 2. The molecule has 0 saturated carbocycles. The largest absolute Gasteiger partial charge is 0.446 e. The number of carbonyl (C=O) groups excluding carboxylic acids is 1. The maximum Gasteiger partial charge on any atom is 0.323 e. The number of carbonyl (C=O) groups is 1. The van der Waals surface area contributed by atoms with Crippen LogP contribution in [0.4, 0.5) is 0 Å². The van der Waals surface area contributed by atoms with Gasteiger partial charge in [-0.05, 0) is 51.9 Å². The van der Waals surface area contributed by atoms with Crippen molar-refractivity contribution >= 4 is 33.7 Å². The van der Waals surface area contributed by atoms with Gasteiger partial charge in [0.05, 0.1) is 6.21 Å². The van der Waals surface area contributed by atoms with Crippen LogP contribution in [0.1, 0.15) is 5.56 Å². The Balaban J connectivity index is 1.41. The van der Waals surface area contributed by atoms with Crippen molar-refractivity contribution in [3.63, 3.8) is 0 Å². The third-order valence-electron chi connectivity index (χ3n) is 5.37. The Hall–Kier alpha value is -4.64. The van der Waals surface area contributed by atoms with Crippen LogP contribution in [0.2, 0.25) is 0 Å². The minimum Gasteiger partial charge on any atom is -0.446 e. The normalized spacial score (nSPS) is 11.2. The fourth-order valence-corrected chi connectivity index (χ4v) is 3.78. The summed E-state index contributed by atoms with van der Waals surface area (Å²) in [6.45, 7) is 0. The summed E-state index contributed by atoms with van der Waals surface area (Å²) in [7, 11) is 0. The van der Waals surface area contributed by atoms with Gasteiger partial charge in [0.1, 0.15) is 11.5 Å². The van der Waals surface area contributed by atoms with Gasteiger partial charge in [0.25, 0.3) is 0 Å². The lowest BCUT2D eigenvalue weighted by atomic mass is 9.97. The second-order valence-corrected chi connectivity index (χ2v) is 7.66. The van der Waals surface area contributed by atoms with E-state index in [1.54, 1.807) is 30.5 Å². The summed E-state index contributed by atoms with van der Waals surface area (Å²) in [6, 6.07) is 36.5. The minimum atomic E-state index is -1.22. The predicted octanol–water partition coefficient (Wildman–Crippen LogP) is 5.93. The Bertz CT molecular complexity index is 1350. The zero-order valence-electron chi connectivity index (χ0n) is 18.3. The van der Waals surface area contributed by atoms with Gasteiger partial charge in [0.15, 0.2) is 0 Å². The standard InChI is InChI=1S/C29H22N2O3/c32-28(29(33-23-13-3-1-4-14-23)34-24-15-5-2-6-16-24)31-30-20-27-25-17-9-7-11-21(25)19-22-12-8-10-18-26(22)27/h1-20,29H,(H,31,32). The Labute approximate surface area is 197 Å². The molecule has 0 spiro atoms. The average molecular weight is 447 g/mol. The van der Waals surface area contributed by atoms with E-state index >= 15 is 0 Å². The molecule has 5 aromatic rings. The highest BCUT2D eigenvalue weighted by atomic mass is 16.7. The third-order valence-corrected chi connectivity index (χ3v) is 5.37. The summed E-state index contributed by atoms with van der Waals surface area (Å²) in [5, 5.41) is 8.57. The van der Waals surface area contributed by atoms with Crippen LogP contribution in [0.15, 0.2) is 120 Å². The van der Waals surface area contributed by atoms with Gasteiger partial charge in [-0.2, -0.15) is 5.10 Å². The smallest absolute Gasteiger partial charge is 0.323 e. The Kier molecular flexibility index (Phi) is 6.16. The maximum atomic E-state index is 13.0. The van der Waals surface area contributed by atoms with Gasteiger partial charge in [0.2, 0.25) is 0 Å². The summed E-state index contributed by atoms with van der Waals surface area (Å²) >= 11 is 0. The second-order valence-electron chi connectivity index (χ2n) is 7.66. The lowest BCUT2D eigenvalue weighted by molar-refractivity contribution is -0.140. The summed E-state index contributed by atoms with van der Waals surface area (Å²) < 4.78 is 11.6.